The summed E-state index contributed by atoms with van der Waals surface area (Å²) in [7, 11) is 0. The van der Waals surface area contributed by atoms with Crippen LogP contribution in [0.1, 0.15) is 323 Å². The number of unbranched alkanes of at least 4 members (excludes halogenated alkanes) is 38. The molecule has 0 heterocycles. The van der Waals surface area contributed by atoms with Crippen LogP contribution in [-0.4, -0.2) is 37.2 Å². The predicted octanol–water partition coefficient (Wildman–Crippen LogP) is 20.0. The van der Waals surface area contributed by atoms with Crippen LogP contribution in [0.5, 0.6) is 0 Å². The molecular weight excluding hydrogens is 841 g/mol. The van der Waals surface area contributed by atoms with E-state index >= 15 is 0 Å². The number of hydrogen-bond donors (Lipinski definition) is 0. The average Bonchev–Trinajstić information content (AvgIpc) is 3.34. The summed E-state index contributed by atoms with van der Waals surface area (Å²) in [5.74, 6) is -0.899. The minimum Gasteiger partial charge on any atom is -0.462 e. The largest absolute Gasteiger partial charge is 0.462 e. The maximum Gasteiger partial charge on any atom is 0.306 e. The highest BCUT2D eigenvalue weighted by molar-refractivity contribution is 5.71. The van der Waals surface area contributed by atoms with Crippen molar-refractivity contribution in [3.63, 3.8) is 0 Å². The molecular formula is C62H114O6. The van der Waals surface area contributed by atoms with Gasteiger partial charge in [0.2, 0.25) is 0 Å². The van der Waals surface area contributed by atoms with Gasteiger partial charge in [-0.05, 0) is 51.4 Å². The van der Waals surface area contributed by atoms with Crippen molar-refractivity contribution in [3.8, 4) is 0 Å². The molecule has 0 aromatic carbocycles. The number of esters is 3. The van der Waals surface area contributed by atoms with E-state index in [1.165, 1.54) is 205 Å². The van der Waals surface area contributed by atoms with Gasteiger partial charge in [-0.25, -0.2) is 0 Å². The molecule has 0 radical (unpaired) electrons. The summed E-state index contributed by atoms with van der Waals surface area (Å²) in [5, 5.41) is 0. The predicted molar refractivity (Wildman–Crippen MR) is 293 cm³/mol. The molecule has 0 aromatic heterocycles. The number of ether oxygens (including phenoxy) is 3. The fourth-order valence-corrected chi connectivity index (χ4v) is 8.93. The molecule has 0 amide bonds. The zero-order chi connectivity index (χ0) is 49.3. The minimum absolute atomic E-state index is 0.0791. The van der Waals surface area contributed by atoms with Crippen molar-refractivity contribution in [2.45, 2.75) is 329 Å². The van der Waals surface area contributed by atoms with Crippen LogP contribution in [0.2, 0.25) is 0 Å². The van der Waals surface area contributed by atoms with Crippen LogP contribution in [0.25, 0.3) is 0 Å². The first-order valence-electron chi connectivity index (χ1n) is 30.0. The number of hydrogen-bond acceptors (Lipinski definition) is 6. The SMILES string of the molecule is CC/C=C\C/C=C\C/C=C\CCCCC(=O)OCC(COC(=O)CCCCCCCCCCCCCCCCCCCCC)OC(=O)CCCCCCCCCCCCCCCCCCCCC. The Bertz CT molecular complexity index is 1140. The number of carbonyl (C=O) groups is 3. The molecule has 6 nitrogen and oxygen atoms in total. The second kappa shape index (κ2) is 57.2. The lowest BCUT2D eigenvalue weighted by atomic mass is 10.0. The Labute approximate surface area is 423 Å². The van der Waals surface area contributed by atoms with Crippen LogP contribution in [0, 0.1) is 0 Å². The molecule has 0 bridgehead atoms. The first-order chi connectivity index (χ1) is 33.5. The standard InChI is InChI=1S/C62H114O6/c1-4-7-10-13-16-19-22-25-27-29-31-33-35-37-40-43-46-49-52-55-61(64)67-58-59(57-66-60(63)54-51-48-45-42-39-24-21-18-15-12-9-6-3)68-62(65)56-53-50-47-44-41-38-36-34-32-30-28-26-23-20-17-14-11-8-5-2/h9,12,18,21,39,42,59H,4-8,10-11,13-17,19-20,22-38,40-41,43-58H2,1-3H3/b12-9-,21-18-,42-39-. The summed E-state index contributed by atoms with van der Waals surface area (Å²) in [5.41, 5.74) is 0. The third-order valence-corrected chi connectivity index (χ3v) is 13.4. The zero-order valence-electron chi connectivity index (χ0n) is 45.6. The maximum absolute atomic E-state index is 12.9. The summed E-state index contributed by atoms with van der Waals surface area (Å²) in [4.78, 5) is 38.1. The van der Waals surface area contributed by atoms with Gasteiger partial charge in [0.15, 0.2) is 6.10 Å². The van der Waals surface area contributed by atoms with E-state index in [9.17, 15) is 14.4 Å². The van der Waals surface area contributed by atoms with Crippen LogP contribution in [0.15, 0.2) is 36.5 Å². The highest BCUT2D eigenvalue weighted by Crippen LogP contribution is 2.18. The molecule has 68 heavy (non-hydrogen) atoms. The van der Waals surface area contributed by atoms with Crippen molar-refractivity contribution in [2.24, 2.45) is 0 Å². The molecule has 0 saturated heterocycles. The van der Waals surface area contributed by atoms with Gasteiger partial charge in [0, 0.05) is 19.3 Å². The molecule has 0 aromatic rings. The molecule has 6 heteroatoms. The lowest BCUT2D eigenvalue weighted by Gasteiger charge is -2.18. The molecule has 0 aliphatic heterocycles. The molecule has 0 aliphatic rings. The normalized spacial score (nSPS) is 12.2. The first-order valence-corrected chi connectivity index (χ1v) is 30.0. The fourth-order valence-electron chi connectivity index (χ4n) is 8.93. The van der Waals surface area contributed by atoms with Crippen LogP contribution in [-0.2, 0) is 28.6 Å². The molecule has 0 spiro atoms. The van der Waals surface area contributed by atoms with Gasteiger partial charge in [0.05, 0.1) is 0 Å². The zero-order valence-corrected chi connectivity index (χ0v) is 45.6. The van der Waals surface area contributed by atoms with E-state index in [-0.39, 0.29) is 31.1 Å². The second-order valence-electron chi connectivity index (χ2n) is 20.2. The number of allylic oxidation sites excluding steroid dienone is 6. The Hall–Kier alpha value is -2.37. The van der Waals surface area contributed by atoms with Gasteiger partial charge in [-0.15, -0.1) is 0 Å². The Morgan fingerprint density at radius 1 is 0.309 bits per heavy atom. The van der Waals surface area contributed by atoms with E-state index < -0.39 is 6.10 Å². The molecule has 0 N–H and O–H groups in total. The van der Waals surface area contributed by atoms with Gasteiger partial charge < -0.3 is 14.2 Å². The van der Waals surface area contributed by atoms with Crippen LogP contribution < -0.4 is 0 Å². The van der Waals surface area contributed by atoms with Crippen molar-refractivity contribution < 1.29 is 28.6 Å². The van der Waals surface area contributed by atoms with Crippen LogP contribution in [0.3, 0.4) is 0 Å². The van der Waals surface area contributed by atoms with E-state index in [0.29, 0.717) is 19.3 Å². The lowest BCUT2D eigenvalue weighted by molar-refractivity contribution is -0.167. The van der Waals surface area contributed by atoms with Gasteiger partial charge in [-0.2, -0.15) is 0 Å². The molecule has 1 unspecified atom stereocenters. The summed E-state index contributed by atoms with van der Waals surface area (Å²) < 4.78 is 16.9. The third kappa shape index (κ3) is 54.6. The van der Waals surface area contributed by atoms with Crippen molar-refractivity contribution in [3.05, 3.63) is 36.5 Å². The molecule has 0 saturated carbocycles. The number of carbonyl (C=O) groups excluding carboxylic acids is 3. The Morgan fingerprint density at radius 2 is 0.574 bits per heavy atom. The maximum atomic E-state index is 12.9. The van der Waals surface area contributed by atoms with Gasteiger partial charge in [-0.3, -0.25) is 14.4 Å². The average molecular weight is 956 g/mol. The molecule has 0 fully saturated rings. The van der Waals surface area contributed by atoms with Gasteiger partial charge >= 0.3 is 17.9 Å². The molecule has 0 aliphatic carbocycles. The van der Waals surface area contributed by atoms with Crippen molar-refractivity contribution in [1.82, 2.24) is 0 Å². The van der Waals surface area contributed by atoms with E-state index in [2.05, 4.69) is 57.2 Å². The summed E-state index contributed by atoms with van der Waals surface area (Å²) in [6.07, 6.45) is 68.7. The fraction of sp³-hybridized carbons (Fsp3) is 0.855. The monoisotopic (exact) mass is 955 g/mol. The molecule has 1 atom stereocenters. The van der Waals surface area contributed by atoms with Gasteiger partial charge in [0.1, 0.15) is 13.2 Å². The highest BCUT2D eigenvalue weighted by atomic mass is 16.6. The quantitative estimate of drug-likeness (QED) is 0.0262. The lowest BCUT2D eigenvalue weighted by Crippen LogP contribution is -2.30. The Kier molecular flexibility index (Phi) is 55.2. The summed E-state index contributed by atoms with van der Waals surface area (Å²) >= 11 is 0. The van der Waals surface area contributed by atoms with E-state index in [0.717, 1.165) is 77.0 Å². The van der Waals surface area contributed by atoms with E-state index in [1.54, 1.807) is 0 Å². The van der Waals surface area contributed by atoms with Crippen molar-refractivity contribution in [2.75, 3.05) is 13.2 Å². The minimum atomic E-state index is -0.783. The topological polar surface area (TPSA) is 78.9 Å². The number of rotatable bonds is 55. The summed E-state index contributed by atoms with van der Waals surface area (Å²) in [6, 6.07) is 0. The first kappa shape index (κ1) is 65.6. The smallest absolute Gasteiger partial charge is 0.306 e. The highest BCUT2D eigenvalue weighted by Gasteiger charge is 2.19. The van der Waals surface area contributed by atoms with E-state index in [1.807, 2.05) is 0 Å². The van der Waals surface area contributed by atoms with Gasteiger partial charge in [0.25, 0.3) is 0 Å². The molecule has 398 valence electrons. The summed E-state index contributed by atoms with van der Waals surface area (Å²) in [6.45, 7) is 6.55. The van der Waals surface area contributed by atoms with Gasteiger partial charge in [-0.1, -0.05) is 288 Å². The second-order valence-corrected chi connectivity index (χ2v) is 20.2. The van der Waals surface area contributed by atoms with Crippen molar-refractivity contribution in [1.29, 1.82) is 0 Å². The van der Waals surface area contributed by atoms with Crippen molar-refractivity contribution >= 4 is 17.9 Å². The Balaban J connectivity index is 4.30. The molecule has 0 rings (SSSR count). The van der Waals surface area contributed by atoms with Crippen LogP contribution >= 0.6 is 0 Å². The third-order valence-electron chi connectivity index (χ3n) is 13.4. The van der Waals surface area contributed by atoms with E-state index in [4.69, 9.17) is 14.2 Å². The van der Waals surface area contributed by atoms with Crippen LogP contribution in [0.4, 0.5) is 0 Å². The Morgan fingerprint density at radius 3 is 0.897 bits per heavy atom.